The number of carbonyl (C=O) groups excluding carboxylic acids is 3. The average Bonchev–Trinajstić information content (AvgIpc) is 2.80. The summed E-state index contributed by atoms with van der Waals surface area (Å²) in [6.07, 6.45) is 0. The van der Waals surface area contributed by atoms with Gasteiger partial charge in [-0.2, -0.15) is 0 Å². The van der Waals surface area contributed by atoms with E-state index in [0.29, 0.717) is 15.6 Å². The van der Waals surface area contributed by atoms with E-state index in [-0.39, 0.29) is 11.1 Å². The van der Waals surface area contributed by atoms with Gasteiger partial charge in [-0.25, -0.2) is 4.79 Å². The van der Waals surface area contributed by atoms with Crippen molar-refractivity contribution in [3.8, 4) is 0 Å². The zero-order valence-corrected chi connectivity index (χ0v) is 13.8. The number of rotatable bonds is 3. The van der Waals surface area contributed by atoms with Crippen molar-refractivity contribution >= 4 is 29.4 Å². The average molecular weight is 344 g/mol. The van der Waals surface area contributed by atoms with Crippen molar-refractivity contribution in [2.45, 2.75) is 19.3 Å². The van der Waals surface area contributed by atoms with Gasteiger partial charge in [-0.15, -0.1) is 0 Å². The van der Waals surface area contributed by atoms with Crippen molar-refractivity contribution < 1.29 is 19.2 Å². The molecule has 1 aliphatic heterocycles. The number of hydroxylamine groups is 2. The molecule has 0 aliphatic carbocycles. The van der Waals surface area contributed by atoms with Gasteiger partial charge in [0.15, 0.2) is 0 Å². The van der Waals surface area contributed by atoms with Crippen LogP contribution in [-0.2, 0) is 15.0 Å². The van der Waals surface area contributed by atoms with E-state index in [1.54, 1.807) is 50.2 Å². The molecule has 0 bridgehead atoms. The Morgan fingerprint density at radius 2 is 1.58 bits per heavy atom. The van der Waals surface area contributed by atoms with Gasteiger partial charge in [0, 0.05) is 5.02 Å². The third-order valence-corrected chi connectivity index (χ3v) is 4.22. The second-order valence-corrected chi connectivity index (χ2v) is 6.40. The van der Waals surface area contributed by atoms with Crippen molar-refractivity contribution in [3.63, 3.8) is 0 Å². The molecule has 0 spiro atoms. The minimum Gasteiger partial charge on any atom is -0.329 e. The highest BCUT2D eigenvalue weighted by Crippen LogP contribution is 2.29. The van der Waals surface area contributed by atoms with E-state index in [2.05, 4.69) is 0 Å². The second kappa shape index (κ2) is 5.76. The molecule has 0 aromatic heterocycles. The fraction of sp³-hybridized carbons (Fsp3) is 0.167. The number of hydrogen-bond donors (Lipinski definition) is 0. The predicted octanol–water partition coefficient (Wildman–Crippen LogP) is 3.37. The Bertz CT molecular complexity index is 825. The monoisotopic (exact) mass is 343 g/mol. The molecule has 0 N–H and O–H groups in total. The maximum absolute atomic E-state index is 12.6. The zero-order valence-electron chi connectivity index (χ0n) is 13.1. The fourth-order valence-corrected chi connectivity index (χ4v) is 2.63. The number of nitrogens with zero attached hydrogens (tertiary/aromatic N) is 1. The zero-order chi connectivity index (χ0) is 17.5. The summed E-state index contributed by atoms with van der Waals surface area (Å²) < 4.78 is 0. The molecule has 122 valence electrons. The van der Waals surface area contributed by atoms with Crippen LogP contribution in [0.3, 0.4) is 0 Å². The number of imide groups is 1. The van der Waals surface area contributed by atoms with E-state index in [9.17, 15) is 14.4 Å². The first-order valence-corrected chi connectivity index (χ1v) is 7.66. The predicted molar refractivity (Wildman–Crippen MR) is 87.5 cm³/mol. The Balaban J connectivity index is 1.85. The standard InChI is InChI=1S/C18H14ClNO4/c1-18(2,11-6-5-7-12(19)10-11)17(23)24-20-15(21)13-8-3-4-9-14(13)16(20)22/h3-10H,1-2H3. The van der Waals surface area contributed by atoms with Crippen LogP contribution in [0.4, 0.5) is 0 Å². The third-order valence-electron chi connectivity index (χ3n) is 3.99. The van der Waals surface area contributed by atoms with Gasteiger partial charge in [-0.1, -0.05) is 40.9 Å². The lowest BCUT2D eigenvalue weighted by molar-refractivity contribution is -0.174. The number of halogens is 1. The third kappa shape index (κ3) is 2.57. The summed E-state index contributed by atoms with van der Waals surface area (Å²) in [4.78, 5) is 42.2. The maximum Gasteiger partial charge on any atom is 0.343 e. The first kappa shape index (κ1) is 16.2. The first-order chi connectivity index (χ1) is 11.3. The minimum atomic E-state index is -1.08. The number of carbonyl (C=O) groups is 3. The molecule has 0 fully saturated rings. The number of amides is 2. The Hall–Kier alpha value is -2.66. The highest BCUT2D eigenvalue weighted by Gasteiger charge is 2.42. The lowest BCUT2D eigenvalue weighted by Gasteiger charge is -2.25. The van der Waals surface area contributed by atoms with E-state index in [4.69, 9.17) is 16.4 Å². The van der Waals surface area contributed by atoms with Gasteiger partial charge in [-0.3, -0.25) is 9.59 Å². The molecule has 0 radical (unpaired) electrons. The fourth-order valence-electron chi connectivity index (χ4n) is 2.44. The van der Waals surface area contributed by atoms with Crippen LogP contribution in [0, 0.1) is 0 Å². The van der Waals surface area contributed by atoms with E-state index in [1.807, 2.05) is 0 Å². The molecular formula is C18H14ClNO4. The number of fused-ring (bicyclic) bond motifs is 1. The van der Waals surface area contributed by atoms with Crippen molar-refractivity contribution in [3.05, 3.63) is 70.2 Å². The summed E-state index contributed by atoms with van der Waals surface area (Å²) in [6, 6.07) is 13.1. The minimum absolute atomic E-state index is 0.218. The topological polar surface area (TPSA) is 63.7 Å². The summed E-state index contributed by atoms with van der Waals surface area (Å²) in [5.74, 6) is -2.02. The summed E-state index contributed by atoms with van der Waals surface area (Å²) in [6.45, 7) is 3.28. The lowest BCUT2D eigenvalue weighted by Crippen LogP contribution is -2.40. The molecule has 0 unspecified atom stereocenters. The van der Waals surface area contributed by atoms with E-state index < -0.39 is 23.2 Å². The number of hydrogen-bond acceptors (Lipinski definition) is 4. The summed E-state index contributed by atoms with van der Waals surface area (Å²) in [5.41, 5.74) is -0.0245. The van der Waals surface area contributed by atoms with Gasteiger partial charge < -0.3 is 4.84 Å². The molecular weight excluding hydrogens is 330 g/mol. The van der Waals surface area contributed by atoms with Gasteiger partial charge in [0.25, 0.3) is 11.8 Å². The normalized spacial score (nSPS) is 13.9. The SMILES string of the molecule is CC(C)(C(=O)ON1C(=O)c2ccccc2C1=O)c1cccc(Cl)c1. The second-order valence-electron chi connectivity index (χ2n) is 5.96. The lowest BCUT2D eigenvalue weighted by atomic mass is 9.85. The Morgan fingerprint density at radius 3 is 2.12 bits per heavy atom. The highest BCUT2D eigenvalue weighted by molar-refractivity contribution is 6.30. The molecule has 0 saturated carbocycles. The van der Waals surface area contributed by atoms with Gasteiger partial charge in [0.05, 0.1) is 16.5 Å². The van der Waals surface area contributed by atoms with Gasteiger partial charge in [-0.05, 0) is 43.7 Å². The van der Waals surface area contributed by atoms with Crippen LogP contribution in [-0.4, -0.2) is 22.8 Å². The van der Waals surface area contributed by atoms with Crippen molar-refractivity contribution in [2.24, 2.45) is 0 Å². The summed E-state index contributed by atoms with van der Waals surface area (Å²) >= 11 is 5.96. The molecule has 6 heteroatoms. The van der Waals surface area contributed by atoms with Gasteiger partial charge in [0.2, 0.25) is 0 Å². The quantitative estimate of drug-likeness (QED) is 0.801. The van der Waals surface area contributed by atoms with Crippen LogP contribution in [0.1, 0.15) is 40.1 Å². The molecule has 1 aliphatic rings. The molecule has 0 saturated heterocycles. The maximum atomic E-state index is 12.6. The Labute approximate surface area is 143 Å². The largest absolute Gasteiger partial charge is 0.343 e. The number of benzene rings is 2. The summed E-state index contributed by atoms with van der Waals surface area (Å²) in [7, 11) is 0. The van der Waals surface area contributed by atoms with Gasteiger partial charge in [0.1, 0.15) is 0 Å². The van der Waals surface area contributed by atoms with Crippen LogP contribution in [0.25, 0.3) is 0 Å². The Kier molecular flexibility index (Phi) is 3.89. The van der Waals surface area contributed by atoms with Crippen LogP contribution >= 0.6 is 11.6 Å². The van der Waals surface area contributed by atoms with E-state index >= 15 is 0 Å². The molecule has 1 heterocycles. The van der Waals surface area contributed by atoms with E-state index in [1.165, 1.54) is 12.1 Å². The molecule has 24 heavy (non-hydrogen) atoms. The van der Waals surface area contributed by atoms with Crippen LogP contribution in [0.2, 0.25) is 5.02 Å². The van der Waals surface area contributed by atoms with Crippen LogP contribution < -0.4 is 0 Å². The molecule has 2 amide bonds. The molecule has 3 rings (SSSR count). The van der Waals surface area contributed by atoms with Crippen molar-refractivity contribution in [2.75, 3.05) is 0 Å². The molecule has 0 atom stereocenters. The Morgan fingerprint density at radius 1 is 1.00 bits per heavy atom. The first-order valence-electron chi connectivity index (χ1n) is 7.28. The molecule has 2 aromatic carbocycles. The summed E-state index contributed by atoms with van der Waals surface area (Å²) in [5, 5.41) is 0.994. The highest BCUT2D eigenvalue weighted by atomic mass is 35.5. The van der Waals surface area contributed by atoms with Gasteiger partial charge >= 0.3 is 5.97 Å². The molecule has 5 nitrogen and oxygen atoms in total. The van der Waals surface area contributed by atoms with Crippen molar-refractivity contribution in [1.82, 2.24) is 5.06 Å². The van der Waals surface area contributed by atoms with Crippen LogP contribution in [0.5, 0.6) is 0 Å². The van der Waals surface area contributed by atoms with Crippen molar-refractivity contribution in [1.29, 1.82) is 0 Å². The van der Waals surface area contributed by atoms with Crippen LogP contribution in [0.15, 0.2) is 48.5 Å². The molecule has 2 aromatic rings. The van der Waals surface area contributed by atoms with E-state index in [0.717, 1.165) is 0 Å². The smallest absolute Gasteiger partial charge is 0.329 e.